The van der Waals surface area contributed by atoms with Gasteiger partial charge >= 0.3 is 5.97 Å². The first-order valence-electron chi connectivity index (χ1n) is 4.82. The van der Waals surface area contributed by atoms with Gasteiger partial charge in [0, 0.05) is 12.6 Å². The lowest BCUT2D eigenvalue weighted by Crippen LogP contribution is -2.34. The molecule has 1 aromatic carbocycles. The van der Waals surface area contributed by atoms with Crippen LogP contribution in [-0.2, 0) is 11.3 Å². The molecular weight excluding hydrogens is 194 g/mol. The van der Waals surface area contributed by atoms with Gasteiger partial charge in [-0.2, -0.15) is 0 Å². The monoisotopic (exact) mass is 209 g/mol. The number of benzene rings is 1. The second kappa shape index (κ2) is 6.16. The molecule has 1 unspecified atom stereocenters. The fourth-order valence-corrected chi connectivity index (χ4v) is 1.27. The van der Waals surface area contributed by atoms with Gasteiger partial charge in [-0.1, -0.05) is 30.3 Å². The lowest BCUT2D eigenvalue weighted by atomic mass is 10.2. The van der Waals surface area contributed by atoms with Gasteiger partial charge in [0.1, 0.15) is 0 Å². The Morgan fingerprint density at radius 2 is 2.00 bits per heavy atom. The van der Waals surface area contributed by atoms with E-state index in [4.69, 9.17) is 10.2 Å². The molecule has 0 saturated heterocycles. The summed E-state index contributed by atoms with van der Waals surface area (Å²) in [6.45, 7) is 0.401. The fraction of sp³-hybridized carbons (Fsp3) is 0.364. The van der Waals surface area contributed by atoms with E-state index in [0.29, 0.717) is 6.54 Å². The van der Waals surface area contributed by atoms with Crippen LogP contribution in [0.1, 0.15) is 12.0 Å². The first kappa shape index (κ1) is 11.7. The quantitative estimate of drug-likeness (QED) is 0.642. The highest BCUT2D eigenvalue weighted by atomic mass is 16.4. The highest BCUT2D eigenvalue weighted by molar-refractivity contribution is 5.67. The van der Waals surface area contributed by atoms with Crippen molar-refractivity contribution in [3.63, 3.8) is 0 Å². The molecule has 4 heteroatoms. The molecule has 0 radical (unpaired) electrons. The van der Waals surface area contributed by atoms with Crippen LogP contribution in [0.5, 0.6) is 0 Å². The van der Waals surface area contributed by atoms with Crippen molar-refractivity contribution < 1.29 is 15.0 Å². The molecule has 1 aromatic rings. The minimum atomic E-state index is -0.908. The molecule has 82 valence electrons. The van der Waals surface area contributed by atoms with E-state index in [9.17, 15) is 4.79 Å². The highest BCUT2D eigenvalue weighted by Crippen LogP contribution is 1.99. The molecule has 0 spiro atoms. The molecule has 0 bridgehead atoms. The number of carbonyl (C=O) groups is 1. The largest absolute Gasteiger partial charge is 0.481 e. The average molecular weight is 209 g/mol. The van der Waals surface area contributed by atoms with Crippen LogP contribution in [0.4, 0.5) is 0 Å². The third-order valence-corrected chi connectivity index (χ3v) is 2.08. The van der Waals surface area contributed by atoms with Crippen LogP contribution in [0, 0.1) is 0 Å². The van der Waals surface area contributed by atoms with E-state index in [-0.39, 0.29) is 19.1 Å². The number of carboxylic acid groups (broad SMARTS) is 1. The van der Waals surface area contributed by atoms with E-state index in [0.717, 1.165) is 5.56 Å². The van der Waals surface area contributed by atoms with E-state index < -0.39 is 5.97 Å². The maximum Gasteiger partial charge on any atom is 0.305 e. The van der Waals surface area contributed by atoms with Crippen molar-refractivity contribution in [2.75, 3.05) is 6.61 Å². The second-order valence-corrected chi connectivity index (χ2v) is 3.34. The molecular formula is C11H15NO3. The summed E-state index contributed by atoms with van der Waals surface area (Å²) in [4.78, 5) is 10.4. The van der Waals surface area contributed by atoms with Crippen LogP contribution >= 0.6 is 0 Å². The molecule has 15 heavy (non-hydrogen) atoms. The van der Waals surface area contributed by atoms with Crippen LogP contribution in [0.15, 0.2) is 30.3 Å². The molecule has 0 aliphatic carbocycles. The summed E-state index contributed by atoms with van der Waals surface area (Å²) in [5, 5.41) is 20.5. The third kappa shape index (κ3) is 4.58. The zero-order chi connectivity index (χ0) is 11.1. The van der Waals surface area contributed by atoms with Crippen molar-refractivity contribution in [1.29, 1.82) is 0 Å². The number of aliphatic carboxylic acids is 1. The van der Waals surface area contributed by atoms with Crippen molar-refractivity contribution in [3.8, 4) is 0 Å². The molecule has 4 nitrogen and oxygen atoms in total. The van der Waals surface area contributed by atoms with Gasteiger partial charge in [0.05, 0.1) is 13.0 Å². The molecule has 0 heterocycles. The zero-order valence-corrected chi connectivity index (χ0v) is 8.39. The van der Waals surface area contributed by atoms with Crippen LogP contribution in [0.2, 0.25) is 0 Å². The van der Waals surface area contributed by atoms with Crippen LogP contribution < -0.4 is 5.32 Å². The summed E-state index contributed by atoms with van der Waals surface area (Å²) in [5.74, 6) is -0.908. The van der Waals surface area contributed by atoms with Crippen LogP contribution in [0.25, 0.3) is 0 Å². The van der Waals surface area contributed by atoms with Crippen molar-refractivity contribution >= 4 is 5.97 Å². The van der Waals surface area contributed by atoms with Gasteiger partial charge < -0.3 is 15.5 Å². The van der Waals surface area contributed by atoms with Crippen LogP contribution in [-0.4, -0.2) is 28.8 Å². The van der Waals surface area contributed by atoms with Gasteiger partial charge in [-0.15, -0.1) is 0 Å². The Morgan fingerprint density at radius 1 is 1.33 bits per heavy atom. The number of rotatable bonds is 6. The Balaban J connectivity index is 2.37. The number of aliphatic hydroxyl groups is 1. The van der Waals surface area contributed by atoms with E-state index in [1.165, 1.54) is 0 Å². The number of hydrogen-bond acceptors (Lipinski definition) is 3. The molecule has 0 saturated carbocycles. The van der Waals surface area contributed by atoms with Crippen molar-refractivity contribution in [1.82, 2.24) is 5.32 Å². The average Bonchev–Trinajstić information content (AvgIpc) is 2.25. The Labute approximate surface area is 88.6 Å². The summed E-state index contributed by atoms with van der Waals surface area (Å²) >= 11 is 0. The first-order valence-corrected chi connectivity index (χ1v) is 4.82. The predicted octanol–water partition coefficient (Wildman–Crippen LogP) is 0.612. The topological polar surface area (TPSA) is 69.6 Å². The molecule has 3 N–H and O–H groups in total. The molecule has 0 fully saturated rings. The van der Waals surface area contributed by atoms with Gasteiger partial charge in [-0.3, -0.25) is 4.79 Å². The summed E-state index contributed by atoms with van der Waals surface area (Å²) < 4.78 is 0. The predicted molar refractivity (Wildman–Crippen MR) is 56.4 cm³/mol. The van der Waals surface area contributed by atoms with E-state index in [2.05, 4.69) is 5.32 Å². The smallest absolute Gasteiger partial charge is 0.305 e. The fourth-order valence-electron chi connectivity index (χ4n) is 1.27. The molecule has 0 aliphatic rings. The van der Waals surface area contributed by atoms with Crippen molar-refractivity contribution in [3.05, 3.63) is 35.9 Å². The lowest BCUT2D eigenvalue weighted by Gasteiger charge is -2.13. The zero-order valence-electron chi connectivity index (χ0n) is 8.39. The Bertz CT molecular complexity index is 300. The Kier molecular flexibility index (Phi) is 4.80. The second-order valence-electron chi connectivity index (χ2n) is 3.34. The summed E-state index contributed by atoms with van der Waals surface area (Å²) in [5.41, 5.74) is 1.07. The Morgan fingerprint density at radius 3 is 2.53 bits per heavy atom. The normalized spacial score (nSPS) is 12.3. The SMILES string of the molecule is O=C(O)CC(CO)NCc1ccccc1. The summed E-state index contributed by atoms with van der Waals surface area (Å²) in [6, 6.07) is 9.27. The number of hydrogen-bond donors (Lipinski definition) is 3. The standard InChI is InChI=1S/C11H15NO3/c13-8-10(6-11(14)15)12-7-9-4-2-1-3-5-9/h1-5,10,12-13H,6-8H2,(H,14,15). The molecule has 0 amide bonds. The van der Waals surface area contributed by atoms with Crippen LogP contribution in [0.3, 0.4) is 0 Å². The van der Waals surface area contributed by atoms with E-state index in [1.54, 1.807) is 0 Å². The summed E-state index contributed by atoms with van der Waals surface area (Å²) in [6.07, 6.45) is -0.0661. The van der Waals surface area contributed by atoms with Gasteiger partial charge in [0.15, 0.2) is 0 Å². The molecule has 0 aromatic heterocycles. The minimum Gasteiger partial charge on any atom is -0.481 e. The van der Waals surface area contributed by atoms with Gasteiger partial charge in [0.2, 0.25) is 0 Å². The number of aliphatic hydroxyl groups excluding tert-OH is 1. The number of carboxylic acids is 1. The lowest BCUT2D eigenvalue weighted by molar-refractivity contribution is -0.137. The van der Waals surface area contributed by atoms with Crippen molar-refractivity contribution in [2.24, 2.45) is 0 Å². The third-order valence-electron chi connectivity index (χ3n) is 2.08. The van der Waals surface area contributed by atoms with Gasteiger partial charge in [-0.25, -0.2) is 0 Å². The number of nitrogens with one attached hydrogen (secondary N) is 1. The van der Waals surface area contributed by atoms with E-state index in [1.807, 2.05) is 30.3 Å². The maximum atomic E-state index is 10.4. The minimum absolute atomic E-state index is 0.0661. The maximum absolute atomic E-state index is 10.4. The molecule has 0 aliphatic heterocycles. The van der Waals surface area contributed by atoms with E-state index >= 15 is 0 Å². The van der Waals surface area contributed by atoms with Gasteiger partial charge in [0.25, 0.3) is 0 Å². The van der Waals surface area contributed by atoms with Gasteiger partial charge in [-0.05, 0) is 5.56 Å². The first-order chi connectivity index (χ1) is 7.22. The summed E-state index contributed by atoms with van der Waals surface area (Å²) in [7, 11) is 0. The molecule has 1 atom stereocenters. The molecule has 1 rings (SSSR count). The highest BCUT2D eigenvalue weighted by Gasteiger charge is 2.10. The van der Waals surface area contributed by atoms with Crippen molar-refractivity contribution in [2.45, 2.75) is 19.0 Å². The Hall–Kier alpha value is -1.39.